The second-order valence-electron chi connectivity index (χ2n) is 3.63. The third-order valence-corrected chi connectivity index (χ3v) is 2.52. The van der Waals surface area contributed by atoms with Crippen LogP contribution in [0.5, 0.6) is 0 Å². The van der Waals surface area contributed by atoms with Crippen LogP contribution in [0.25, 0.3) is 0 Å². The van der Waals surface area contributed by atoms with Crippen molar-refractivity contribution < 1.29 is 18.9 Å². The lowest BCUT2D eigenvalue weighted by molar-refractivity contribution is -0.0554. The zero-order valence-electron chi connectivity index (χ0n) is 8.80. The molecule has 0 aromatic carbocycles. The predicted octanol–water partition coefficient (Wildman–Crippen LogP) is 1.17. The van der Waals surface area contributed by atoms with E-state index in [9.17, 15) is 0 Å². The molecule has 3 rings (SSSR count). The van der Waals surface area contributed by atoms with Gasteiger partial charge in [0, 0.05) is 0 Å². The van der Waals surface area contributed by atoms with Gasteiger partial charge in [-0.15, -0.1) is 0 Å². The highest BCUT2D eigenvalue weighted by Gasteiger charge is 2.23. The van der Waals surface area contributed by atoms with Gasteiger partial charge in [0.2, 0.25) is 12.6 Å². The smallest absolute Gasteiger partial charge is 0.201 e. The van der Waals surface area contributed by atoms with Crippen molar-refractivity contribution >= 4 is 0 Å². The van der Waals surface area contributed by atoms with Crippen molar-refractivity contribution in [3.63, 3.8) is 0 Å². The van der Waals surface area contributed by atoms with E-state index in [0.29, 0.717) is 26.4 Å². The largest absolute Gasteiger partial charge is 0.345 e. The molecule has 0 unspecified atom stereocenters. The number of hydrogen-bond donors (Lipinski definition) is 0. The molecule has 0 amide bonds. The molecule has 0 N–H and O–H groups in total. The molecular weight excluding hydrogens is 210 g/mol. The fraction of sp³-hybridized carbons (Fsp3) is 0.545. The van der Waals surface area contributed by atoms with Gasteiger partial charge in [-0.05, 0) is 12.1 Å². The monoisotopic (exact) mass is 223 g/mol. The molecule has 1 aromatic heterocycles. The maximum atomic E-state index is 5.39. The van der Waals surface area contributed by atoms with Gasteiger partial charge in [-0.25, -0.2) is 4.98 Å². The van der Waals surface area contributed by atoms with Crippen molar-refractivity contribution in [1.29, 1.82) is 0 Å². The molecule has 0 aliphatic carbocycles. The highest BCUT2D eigenvalue weighted by molar-refractivity contribution is 5.13. The van der Waals surface area contributed by atoms with E-state index in [1.165, 1.54) is 0 Å². The van der Waals surface area contributed by atoms with Crippen LogP contribution in [0, 0.1) is 0 Å². The van der Waals surface area contributed by atoms with Gasteiger partial charge in [-0.1, -0.05) is 6.07 Å². The average Bonchev–Trinajstić information content (AvgIpc) is 3.03. The standard InChI is InChI=1S/C11H13NO4/c1-2-8(10-13-4-5-14-10)12-9(3-1)11-15-6-7-16-11/h1-3,10-11H,4-7H2. The minimum Gasteiger partial charge on any atom is -0.345 e. The van der Waals surface area contributed by atoms with Gasteiger partial charge in [-0.3, -0.25) is 0 Å². The summed E-state index contributed by atoms with van der Waals surface area (Å²) in [7, 11) is 0. The Kier molecular flexibility index (Phi) is 2.84. The number of aromatic nitrogens is 1. The normalized spacial score (nSPS) is 23.0. The van der Waals surface area contributed by atoms with Gasteiger partial charge in [0.05, 0.1) is 37.8 Å². The topological polar surface area (TPSA) is 49.8 Å². The zero-order valence-corrected chi connectivity index (χ0v) is 8.80. The molecular formula is C11H13NO4. The van der Waals surface area contributed by atoms with E-state index >= 15 is 0 Å². The third-order valence-electron chi connectivity index (χ3n) is 2.52. The Bertz CT molecular complexity index is 328. The van der Waals surface area contributed by atoms with Crippen LogP contribution in [0.2, 0.25) is 0 Å². The fourth-order valence-corrected chi connectivity index (χ4v) is 1.79. The minimum atomic E-state index is -0.346. The molecule has 2 fully saturated rings. The third kappa shape index (κ3) is 1.94. The summed E-state index contributed by atoms with van der Waals surface area (Å²) in [5.74, 6) is 0. The number of hydrogen-bond acceptors (Lipinski definition) is 5. The van der Waals surface area contributed by atoms with Crippen molar-refractivity contribution in [3.8, 4) is 0 Å². The van der Waals surface area contributed by atoms with E-state index in [-0.39, 0.29) is 12.6 Å². The van der Waals surface area contributed by atoms with Gasteiger partial charge in [0.15, 0.2) is 0 Å². The van der Waals surface area contributed by atoms with Crippen LogP contribution >= 0.6 is 0 Å². The summed E-state index contributed by atoms with van der Waals surface area (Å²) in [6, 6.07) is 5.68. The van der Waals surface area contributed by atoms with Gasteiger partial charge in [-0.2, -0.15) is 0 Å². The number of ether oxygens (including phenoxy) is 4. The number of rotatable bonds is 2. The van der Waals surface area contributed by atoms with E-state index in [0.717, 1.165) is 11.4 Å². The molecule has 86 valence electrons. The second-order valence-corrected chi connectivity index (χ2v) is 3.63. The second kappa shape index (κ2) is 4.47. The van der Waals surface area contributed by atoms with Crippen molar-refractivity contribution in [1.82, 2.24) is 4.98 Å². The van der Waals surface area contributed by atoms with Crippen molar-refractivity contribution in [2.45, 2.75) is 12.6 Å². The molecule has 0 radical (unpaired) electrons. The van der Waals surface area contributed by atoms with Gasteiger partial charge in [0.25, 0.3) is 0 Å². The molecule has 5 nitrogen and oxygen atoms in total. The first-order valence-corrected chi connectivity index (χ1v) is 5.37. The van der Waals surface area contributed by atoms with Gasteiger partial charge >= 0.3 is 0 Å². The molecule has 2 aliphatic rings. The Labute approximate surface area is 93.3 Å². The predicted molar refractivity (Wildman–Crippen MR) is 53.5 cm³/mol. The summed E-state index contributed by atoms with van der Waals surface area (Å²) in [6.07, 6.45) is -0.692. The fourth-order valence-electron chi connectivity index (χ4n) is 1.79. The minimum absolute atomic E-state index is 0.346. The first kappa shape index (κ1) is 10.2. The Morgan fingerprint density at radius 3 is 1.69 bits per heavy atom. The summed E-state index contributed by atoms with van der Waals surface area (Å²) in [6.45, 7) is 2.47. The van der Waals surface area contributed by atoms with E-state index in [4.69, 9.17) is 18.9 Å². The molecule has 16 heavy (non-hydrogen) atoms. The van der Waals surface area contributed by atoms with Crippen LogP contribution in [0.1, 0.15) is 24.0 Å². The van der Waals surface area contributed by atoms with Crippen molar-refractivity contribution in [2.24, 2.45) is 0 Å². The summed E-state index contributed by atoms with van der Waals surface area (Å²) < 4.78 is 21.6. The highest BCUT2D eigenvalue weighted by Crippen LogP contribution is 2.25. The first-order valence-electron chi connectivity index (χ1n) is 5.37. The Morgan fingerprint density at radius 1 is 0.812 bits per heavy atom. The molecule has 0 saturated carbocycles. The Balaban J connectivity index is 1.81. The van der Waals surface area contributed by atoms with Gasteiger partial charge in [0.1, 0.15) is 0 Å². The molecule has 5 heteroatoms. The van der Waals surface area contributed by atoms with E-state index in [2.05, 4.69) is 4.98 Å². The van der Waals surface area contributed by atoms with E-state index in [1.54, 1.807) is 0 Å². The summed E-state index contributed by atoms with van der Waals surface area (Å²) in [5, 5.41) is 0. The lowest BCUT2D eigenvalue weighted by Crippen LogP contribution is -2.07. The zero-order chi connectivity index (χ0) is 10.8. The summed E-state index contributed by atoms with van der Waals surface area (Å²) in [4.78, 5) is 4.44. The van der Waals surface area contributed by atoms with Crippen LogP contribution in [0.3, 0.4) is 0 Å². The quantitative estimate of drug-likeness (QED) is 0.753. The maximum Gasteiger partial charge on any atom is 0.201 e. The lowest BCUT2D eigenvalue weighted by atomic mass is 10.3. The van der Waals surface area contributed by atoms with Crippen LogP contribution in [-0.4, -0.2) is 31.4 Å². The maximum absolute atomic E-state index is 5.39. The van der Waals surface area contributed by atoms with Crippen LogP contribution < -0.4 is 0 Å². The van der Waals surface area contributed by atoms with E-state index in [1.807, 2.05) is 18.2 Å². The SMILES string of the molecule is c1cc(C2OCCO2)nc(C2OCCO2)c1. The Morgan fingerprint density at radius 2 is 1.25 bits per heavy atom. The average molecular weight is 223 g/mol. The van der Waals surface area contributed by atoms with E-state index < -0.39 is 0 Å². The van der Waals surface area contributed by atoms with Crippen molar-refractivity contribution in [2.75, 3.05) is 26.4 Å². The number of nitrogens with zero attached hydrogens (tertiary/aromatic N) is 1. The van der Waals surface area contributed by atoms with Gasteiger partial charge < -0.3 is 18.9 Å². The lowest BCUT2D eigenvalue weighted by Gasteiger charge is -2.12. The molecule has 1 aromatic rings. The van der Waals surface area contributed by atoms with Crippen LogP contribution in [0.15, 0.2) is 18.2 Å². The summed E-state index contributed by atoms with van der Waals surface area (Å²) >= 11 is 0. The first-order chi connectivity index (χ1) is 7.93. The molecule has 3 heterocycles. The molecule has 2 saturated heterocycles. The molecule has 0 spiro atoms. The summed E-state index contributed by atoms with van der Waals surface area (Å²) in [5.41, 5.74) is 1.54. The van der Waals surface area contributed by atoms with Crippen LogP contribution in [-0.2, 0) is 18.9 Å². The molecule has 2 aliphatic heterocycles. The van der Waals surface area contributed by atoms with Crippen LogP contribution in [0.4, 0.5) is 0 Å². The van der Waals surface area contributed by atoms with Crippen molar-refractivity contribution in [3.05, 3.63) is 29.6 Å². The number of pyridine rings is 1. The molecule has 0 bridgehead atoms. The molecule has 0 atom stereocenters. The Hall–Kier alpha value is -1.01. The highest BCUT2D eigenvalue weighted by atomic mass is 16.7.